The number of carbonyl (C=O) groups is 16. The van der Waals surface area contributed by atoms with Crippen LogP contribution in [0.15, 0.2) is 42.5 Å². The Morgan fingerprint density at radius 1 is 0.697 bits per heavy atom. The molecule has 6 rings (SSSR count). The SMILES string of the molecule is CC[C@H](C)[C@@H]([C@@H](CC(=O)N1C[C@@H](OC(=O)NCCCC(=O)OCc2ccc(CC(=O)[C@H](CCCCC(N)=O)NC(=O)[C@@H](CC(=O)CCCCCN3C(=O)CC(SCC4(CC(=O)ON5C(=O)CCC5=O)CC4)C3=O)C(C)C)cc2)C[C@H]1[C@H](OC)[C@@H](C)C(=O)NCC(=O)c1ccc(C)cc1C)OC)N(C)C(=O)[C@@H](CC(=O)[C@H](C(C)C)N(C)C)C(C)C. The first kappa shape index (κ1) is 99.0. The third-order valence-corrected chi connectivity index (χ3v) is 25.1. The minimum atomic E-state index is -0.974. The van der Waals surface area contributed by atoms with Gasteiger partial charge in [-0.25, -0.2) is 9.59 Å². The number of likely N-dealkylation sites (tertiary alicyclic amines) is 2. The van der Waals surface area contributed by atoms with Gasteiger partial charge in [-0.15, -0.1) is 16.8 Å². The zero-order valence-electron chi connectivity index (χ0n) is 72.8. The monoisotopic (exact) mass is 1680 g/mol. The van der Waals surface area contributed by atoms with Gasteiger partial charge in [-0.05, 0) is 119 Å². The summed E-state index contributed by atoms with van der Waals surface area (Å²) in [6, 6.07) is 9.41. The van der Waals surface area contributed by atoms with Crippen molar-refractivity contribution >= 4 is 106 Å². The van der Waals surface area contributed by atoms with Crippen LogP contribution in [0.2, 0.25) is 0 Å². The van der Waals surface area contributed by atoms with Gasteiger partial charge in [0.1, 0.15) is 18.5 Å². The molecule has 2 aromatic carbocycles. The predicted octanol–water partition coefficient (Wildman–Crippen LogP) is 8.64. The van der Waals surface area contributed by atoms with Gasteiger partial charge >= 0.3 is 18.0 Å². The van der Waals surface area contributed by atoms with Gasteiger partial charge in [-0.1, -0.05) is 130 Å². The van der Waals surface area contributed by atoms with Crippen molar-refractivity contribution in [1.82, 2.24) is 40.6 Å². The van der Waals surface area contributed by atoms with E-state index in [0.717, 1.165) is 11.1 Å². The standard InChI is InChI=1S/C88H131N9O21S/c1-17-56(9)81(94(14)85(111)65(53(4)5)44-69(100)80(54(6)7)93(12)13)71(114-15)45-76(105)96-49-62(43-67(96)82(115-16)58(11)83(109)91-48-70(101)63-33-28-55(8)40-57(63)10)117-87(113)90-38-23-27-78(107)116-50-60-31-29-59(30-32-60)41-68(99)66(25-20-21-26-73(89)102)92-84(110)64(52(2)3)42-61(98)24-19-18-22-39-95-77(106)46-72(86(95)112)119-51-88(36-37-88)47-79(108)118-97-74(103)34-35-75(97)104/h28-33,40,52-54,56,58,62,64-67,71-72,80-82H,17-27,34-39,41-51H2,1-16H3,(H2,89,102)(H,90,113)(H,91,109)(H,92,110)/t56-,58+,62-,64-,65-,66-,67-,71+,72?,80-,81-,82+/m0/s1. The van der Waals surface area contributed by atoms with Crippen molar-refractivity contribution in [3.63, 3.8) is 0 Å². The molecule has 12 atom stereocenters. The van der Waals surface area contributed by atoms with Crippen molar-refractivity contribution in [2.75, 3.05) is 67.3 Å². The fourth-order valence-electron chi connectivity index (χ4n) is 16.2. The van der Waals surface area contributed by atoms with E-state index in [1.165, 1.54) is 35.8 Å². The number of unbranched alkanes of at least 4 members (excludes halogenated alkanes) is 3. The first-order valence-corrected chi connectivity index (χ1v) is 43.3. The van der Waals surface area contributed by atoms with Crippen LogP contribution in [0.3, 0.4) is 0 Å². The molecule has 3 heterocycles. The minimum absolute atomic E-state index is 0.00246. The number of likely N-dealkylation sites (N-methyl/N-ethyl adjacent to an activating group) is 2. The summed E-state index contributed by atoms with van der Waals surface area (Å²) in [6.07, 6.45) is 0.833. The highest BCUT2D eigenvalue weighted by molar-refractivity contribution is 8.00. The summed E-state index contributed by atoms with van der Waals surface area (Å²) in [7, 11) is 8.27. The van der Waals surface area contributed by atoms with E-state index in [9.17, 15) is 71.9 Å². The van der Waals surface area contributed by atoms with Gasteiger partial charge in [0.05, 0.1) is 73.5 Å². The number of methoxy groups -OCH3 is 2. The summed E-state index contributed by atoms with van der Waals surface area (Å²) in [6.45, 7) is 20.4. The quantitative estimate of drug-likeness (QED) is 0.0208. The number of alkyl carbamates (subject to hydrolysis) is 1. The molecule has 3 aliphatic heterocycles. The average Bonchev–Trinajstić information content (AvgIpc) is 1.67. The van der Waals surface area contributed by atoms with Crippen LogP contribution >= 0.6 is 11.8 Å². The molecule has 3 saturated heterocycles. The molecule has 2 aromatic rings. The van der Waals surface area contributed by atoms with Crippen LogP contribution < -0.4 is 21.7 Å². The van der Waals surface area contributed by atoms with E-state index in [1.807, 2.05) is 100 Å². The van der Waals surface area contributed by atoms with Crippen LogP contribution in [0.1, 0.15) is 230 Å². The number of esters is 1. The number of imide groups is 2. The third kappa shape index (κ3) is 29.8. The van der Waals surface area contributed by atoms with Crippen LogP contribution in [0.25, 0.3) is 0 Å². The number of benzene rings is 2. The van der Waals surface area contributed by atoms with E-state index < -0.39 is 124 Å². The summed E-state index contributed by atoms with van der Waals surface area (Å²) < 4.78 is 23.7. The van der Waals surface area contributed by atoms with Gasteiger partial charge in [-0.3, -0.25) is 76.9 Å². The van der Waals surface area contributed by atoms with Crippen molar-refractivity contribution in [1.29, 1.82) is 0 Å². The lowest BCUT2D eigenvalue weighted by atomic mass is 9.83. The molecule has 0 bridgehead atoms. The molecule has 1 aliphatic carbocycles. The Labute approximate surface area is 705 Å². The lowest BCUT2D eigenvalue weighted by molar-refractivity contribution is -0.198. The van der Waals surface area contributed by atoms with Crippen molar-refractivity contribution in [3.05, 3.63) is 70.3 Å². The normalized spacial score (nSPS) is 18.8. The number of hydrogen-bond donors (Lipinski definition) is 4. The summed E-state index contributed by atoms with van der Waals surface area (Å²) in [5.41, 5.74) is 8.39. The molecule has 31 heteroatoms. The van der Waals surface area contributed by atoms with E-state index in [0.29, 0.717) is 78.9 Å². The Kier molecular flexibility index (Phi) is 39.4. The maximum atomic E-state index is 15.1. The van der Waals surface area contributed by atoms with Crippen molar-refractivity contribution in [2.24, 2.45) is 52.6 Å². The number of nitrogens with one attached hydrogen (secondary N) is 3. The molecular weight excluding hydrogens is 1550 g/mol. The predicted molar refractivity (Wildman–Crippen MR) is 445 cm³/mol. The van der Waals surface area contributed by atoms with Gasteiger partial charge in [0, 0.05) is 122 Å². The number of rotatable bonds is 53. The number of primary amides is 1. The molecular formula is C88H131N9O21S. The minimum Gasteiger partial charge on any atom is -0.461 e. The fourth-order valence-corrected chi connectivity index (χ4v) is 17.7. The summed E-state index contributed by atoms with van der Waals surface area (Å²) in [5, 5.41) is 8.26. The first-order chi connectivity index (χ1) is 56.2. The zero-order valence-corrected chi connectivity index (χ0v) is 73.6. The lowest BCUT2D eigenvalue weighted by Crippen LogP contribution is -2.54. The van der Waals surface area contributed by atoms with Crippen LogP contribution in [0.5, 0.6) is 0 Å². The van der Waals surface area contributed by atoms with Crippen LogP contribution in [0, 0.1) is 60.7 Å². The van der Waals surface area contributed by atoms with Crippen LogP contribution in [0.4, 0.5) is 4.79 Å². The second kappa shape index (κ2) is 47.4. The Morgan fingerprint density at radius 3 is 1.95 bits per heavy atom. The van der Waals surface area contributed by atoms with Gasteiger partial charge in [0.2, 0.25) is 41.4 Å². The molecule has 0 radical (unpaired) electrons. The number of thioether (sulfide) groups is 1. The smallest absolute Gasteiger partial charge is 0.407 e. The van der Waals surface area contributed by atoms with E-state index in [1.54, 1.807) is 49.2 Å². The maximum absolute atomic E-state index is 15.1. The molecule has 4 aliphatic rings. The molecule has 0 aromatic heterocycles. The van der Waals surface area contributed by atoms with E-state index in [4.69, 9.17) is 29.5 Å². The first-order valence-electron chi connectivity index (χ1n) is 42.3. The second-order valence-corrected chi connectivity index (χ2v) is 35.4. The summed E-state index contributed by atoms with van der Waals surface area (Å²) in [5.74, 6) is -8.56. The topological polar surface area (TPSA) is 398 Å². The molecule has 1 saturated carbocycles. The lowest BCUT2D eigenvalue weighted by Gasteiger charge is -2.41. The summed E-state index contributed by atoms with van der Waals surface area (Å²) >= 11 is 1.31. The number of ether oxygens (including phenoxy) is 4. The molecule has 1 unspecified atom stereocenters. The van der Waals surface area contributed by atoms with Gasteiger partial charge in [0.25, 0.3) is 11.8 Å². The third-order valence-electron chi connectivity index (χ3n) is 23.6. The highest BCUT2D eigenvalue weighted by Gasteiger charge is 2.50. The molecule has 4 fully saturated rings. The Bertz CT molecular complexity index is 3880. The highest BCUT2D eigenvalue weighted by atomic mass is 32.2. The van der Waals surface area contributed by atoms with Crippen molar-refractivity contribution < 1.29 is 100 Å². The molecule has 5 N–H and O–H groups in total. The number of ketones is 4. The largest absolute Gasteiger partial charge is 0.461 e. The Morgan fingerprint density at radius 2 is 1.35 bits per heavy atom. The fraction of sp³-hybridized carbons (Fsp3) is 0.682. The number of nitrogens with zero attached hydrogens (tertiary/aromatic N) is 5. The number of Topliss-reactive ketones (excluding diaryl/α,β-unsaturated/α-hetero) is 4. The highest BCUT2D eigenvalue weighted by Crippen LogP contribution is 2.52. The van der Waals surface area contributed by atoms with E-state index >= 15 is 4.79 Å². The maximum Gasteiger partial charge on any atom is 0.407 e. The number of hydrogen-bond acceptors (Lipinski definition) is 23. The van der Waals surface area contributed by atoms with Gasteiger partial charge < -0.3 is 55.3 Å². The van der Waals surface area contributed by atoms with Crippen LogP contribution in [-0.4, -0.2) is 234 Å². The number of hydroxylamine groups is 2. The molecule has 660 valence electrons. The number of carbonyl (C=O) groups excluding carboxylic acids is 16. The number of amides is 10. The van der Waals surface area contributed by atoms with Crippen molar-refractivity contribution in [3.8, 4) is 0 Å². The molecule has 0 spiro atoms. The second-order valence-electron chi connectivity index (χ2n) is 34.2. The molecule has 30 nitrogen and oxygen atoms in total. The van der Waals surface area contributed by atoms with Crippen LogP contribution in [-0.2, 0) is 104 Å². The van der Waals surface area contributed by atoms with Gasteiger partial charge in [0.15, 0.2) is 17.3 Å². The average molecular weight is 1680 g/mol. The Balaban J connectivity index is 0.988. The van der Waals surface area contributed by atoms with E-state index in [2.05, 4.69) is 16.0 Å². The summed E-state index contributed by atoms with van der Waals surface area (Å²) in [4.78, 5) is 225. The number of nitrogens with two attached hydrogens (primary N) is 1. The molecule has 10 amide bonds. The molecule has 119 heavy (non-hydrogen) atoms. The van der Waals surface area contributed by atoms with E-state index in [-0.39, 0.29) is 187 Å². The number of aryl methyl sites for hydroxylation is 2. The van der Waals surface area contributed by atoms with Gasteiger partial charge in [-0.2, -0.15) is 0 Å². The Hall–Kier alpha value is -8.81. The zero-order chi connectivity index (χ0) is 88.3. The van der Waals surface area contributed by atoms with Crippen molar-refractivity contribution in [2.45, 2.75) is 272 Å².